The van der Waals surface area contributed by atoms with Crippen LogP contribution < -0.4 is 5.73 Å². The topological polar surface area (TPSA) is 65.2 Å². The van der Waals surface area contributed by atoms with Crippen LogP contribution in [0.4, 0.5) is 0 Å². The zero-order chi connectivity index (χ0) is 8.97. The third kappa shape index (κ3) is 2.28. The van der Waals surface area contributed by atoms with E-state index < -0.39 is 6.04 Å². The van der Waals surface area contributed by atoms with Crippen LogP contribution in [-0.2, 0) is 16.0 Å². The van der Waals surface area contributed by atoms with Gasteiger partial charge >= 0.3 is 5.97 Å². The lowest BCUT2D eigenvalue weighted by Gasteiger charge is -2.05. The van der Waals surface area contributed by atoms with Crippen LogP contribution in [0.15, 0.2) is 12.3 Å². The first kappa shape index (κ1) is 9.15. The summed E-state index contributed by atoms with van der Waals surface area (Å²) in [5, 5.41) is 0. The van der Waals surface area contributed by atoms with Crippen molar-refractivity contribution in [3.05, 3.63) is 17.1 Å². The number of aromatic nitrogens is 1. The van der Waals surface area contributed by atoms with Crippen LogP contribution >= 0.6 is 11.5 Å². The largest absolute Gasteiger partial charge is 0.468 e. The monoisotopic (exact) mass is 186 g/mol. The first-order chi connectivity index (χ1) is 5.74. The van der Waals surface area contributed by atoms with Crippen molar-refractivity contribution >= 4 is 17.5 Å². The molecular formula is C7H10N2O2S. The predicted molar refractivity (Wildman–Crippen MR) is 45.8 cm³/mol. The fraction of sp³-hybridized carbons (Fsp3) is 0.429. The van der Waals surface area contributed by atoms with Gasteiger partial charge in [-0.2, -0.15) is 0 Å². The second-order valence-electron chi connectivity index (χ2n) is 2.31. The number of carbonyl (C=O) groups excluding carboxylic acids is 1. The molecule has 0 saturated heterocycles. The second kappa shape index (κ2) is 4.18. The molecule has 66 valence electrons. The Morgan fingerprint density at radius 1 is 1.92 bits per heavy atom. The molecule has 2 N–H and O–H groups in total. The van der Waals surface area contributed by atoms with E-state index in [1.165, 1.54) is 18.6 Å². The molecule has 1 atom stereocenters. The molecule has 4 nitrogen and oxygen atoms in total. The Kier molecular flexibility index (Phi) is 3.19. The van der Waals surface area contributed by atoms with Gasteiger partial charge in [0.15, 0.2) is 0 Å². The maximum Gasteiger partial charge on any atom is 0.323 e. The van der Waals surface area contributed by atoms with Crippen molar-refractivity contribution in [3.63, 3.8) is 0 Å². The quantitative estimate of drug-likeness (QED) is 0.684. The van der Waals surface area contributed by atoms with Crippen molar-refractivity contribution in [2.24, 2.45) is 5.73 Å². The molecule has 0 saturated carbocycles. The summed E-state index contributed by atoms with van der Waals surface area (Å²) in [6.07, 6.45) is 2.18. The minimum Gasteiger partial charge on any atom is -0.468 e. The first-order valence-electron chi connectivity index (χ1n) is 3.47. The predicted octanol–water partition coefficient (Wildman–Crippen LogP) is 0.186. The highest BCUT2D eigenvalue weighted by molar-refractivity contribution is 7.05. The summed E-state index contributed by atoms with van der Waals surface area (Å²) in [6.45, 7) is 0. The maximum atomic E-state index is 10.9. The lowest BCUT2D eigenvalue weighted by atomic mass is 10.2. The Bertz CT molecular complexity index is 248. The van der Waals surface area contributed by atoms with Gasteiger partial charge in [-0.25, -0.2) is 4.37 Å². The molecule has 1 rings (SSSR count). The molecule has 0 amide bonds. The van der Waals surface area contributed by atoms with Crippen LogP contribution in [0.3, 0.4) is 0 Å². The smallest absolute Gasteiger partial charge is 0.323 e. The summed E-state index contributed by atoms with van der Waals surface area (Å²) in [7, 11) is 1.33. The second-order valence-corrected chi connectivity index (χ2v) is 3.23. The molecule has 0 fully saturated rings. The Balaban J connectivity index is 2.47. The van der Waals surface area contributed by atoms with Gasteiger partial charge in [-0.15, -0.1) is 0 Å². The lowest BCUT2D eigenvalue weighted by molar-refractivity contribution is -0.142. The average Bonchev–Trinajstić information content (AvgIpc) is 2.55. The Morgan fingerprint density at radius 2 is 2.67 bits per heavy atom. The van der Waals surface area contributed by atoms with Crippen molar-refractivity contribution in [2.75, 3.05) is 7.11 Å². The molecule has 1 unspecified atom stereocenters. The number of carbonyl (C=O) groups is 1. The van der Waals surface area contributed by atoms with E-state index in [0.29, 0.717) is 6.42 Å². The van der Waals surface area contributed by atoms with E-state index in [1.807, 2.05) is 6.07 Å². The highest BCUT2D eigenvalue weighted by Gasteiger charge is 2.14. The number of hydrogen-bond donors (Lipinski definition) is 1. The zero-order valence-electron chi connectivity index (χ0n) is 6.69. The standard InChI is InChI=1S/C7H10N2O2S/c1-11-7(10)6(8)4-5-2-3-9-12-5/h2-3,6H,4,8H2,1H3. The summed E-state index contributed by atoms with van der Waals surface area (Å²) in [6, 6.07) is 1.27. The van der Waals surface area contributed by atoms with E-state index in [0.717, 1.165) is 4.88 Å². The third-order valence-electron chi connectivity index (χ3n) is 1.42. The fourth-order valence-corrected chi connectivity index (χ4v) is 1.43. The van der Waals surface area contributed by atoms with E-state index >= 15 is 0 Å². The minimum absolute atomic E-state index is 0.386. The van der Waals surface area contributed by atoms with Crippen molar-refractivity contribution in [1.29, 1.82) is 0 Å². The van der Waals surface area contributed by atoms with E-state index in [-0.39, 0.29) is 5.97 Å². The van der Waals surface area contributed by atoms with Gasteiger partial charge in [-0.3, -0.25) is 4.79 Å². The summed E-state index contributed by atoms with van der Waals surface area (Å²) in [5.41, 5.74) is 5.52. The van der Waals surface area contributed by atoms with Gasteiger partial charge in [-0.05, 0) is 17.6 Å². The number of nitrogens with two attached hydrogens (primary N) is 1. The van der Waals surface area contributed by atoms with E-state index in [4.69, 9.17) is 5.73 Å². The van der Waals surface area contributed by atoms with Gasteiger partial charge in [-0.1, -0.05) is 0 Å². The molecule has 0 spiro atoms. The number of methoxy groups -OCH3 is 1. The zero-order valence-corrected chi connectivity index (χ0v) is 7.50. The van der Waals surface area contributed by atoms with Gasteiger partial charge in [0, 0.05) is 17.5 Å². The lowest BCUT2D eigenvalue weighted by Crippen LogP contribution is -2.33. The fourth-order valence-electron chi connectivity index (χ4n) is 0.799. The molecule has 1 aromatic rings. The molecule has 0 aliphatic heterocycles. The third-order valence-corrected chi connectivity index (χ3v) is 2.18. The Morgan fingerprint density at radius 3 is 3.17 bits per heavy atom. The molecular weight excluding hydrogens is 176 g/mol. The average molecular weight is 186 g/mol. The van der Waals surface area contributed by atoms with E-state index in [2.05, 4.69) is 9.11 Å². The number of esters is 1. The molecule has 0 radical (unpaired) electrons. The number of ether oxygens (including phenoxy) is 1. The summed E-state index contributed by atoms with van der Waals surface area (Å²) < 4.78 is 8.38. The summed E-state index contributed by atoms with van der Waals surface area (Å²) in [4.78, 5) is 11.9. The van der Waals surface area contributed by atoms with E-state index in [1.54, 1.807) is 6.20 Å². The van der Waals surface area contributed by atoms with Crippen LogP contribution in [0.1, 0.15) is 4.88 Å². The van der Waals surface area contributed by atoms with Crippen molar-refractivity contribution in [3.8, 4) is 0 Å². The van der Waals surface area contributed by atoms with Gasteiger partial charge in [0.05, 0.1) is 7.11 Å². The van der Waals surface area contributed by atoms with Crippen LogP contribution in [0, 0.1) is 0 Å². The van der Waals surface area contributed by atoms with Crippen molar-refractivity contribution in [1.82, 2.24) is 4.37 Å². The molecule has 0 aliphatic carbocycles. The van der Waals surface area contributed by atoms with E-state index in [9.17, 15) is 4.79 Å². The molecule has 0 bridgehead atoms. The van der Waals surface area contributed by atoms with Gasteiger partial charge in [0.2, 0.25) is 0 Å². The minimum atomic E-state index is -0.574. The van der Waals surface area contributed by atoms with Gasteiger partial charge in [0.1, 0.15) is 6.04 Å². The summed E-state index contributed by atoms with van der Waals surface area (Å²) >= 11 is 1.34. The normalized spacial score (nSPS) is 12.5. The molecule has 1 aromatic heterocycles. The van der Waals surface area contributed by atoms with Crippen LogP contribution in [-0.4, -0.2) is 23.5 Å². The van der Waals surface area contributed by atoms with Crippen molar-refractivity contribution in [2.45, 2.75) is 12.5 Å². The van der Waals surface area contributed by atoms with Crippen LogP contribution in [0.2, 0.25) is 0 Å². The molecule has 0 aliphatic rings. The van der Waals surface area contributed by atoms with Crippen LogP contribution in [0.5, 0.6) is 0 Å². The van der Waals surface area contributed by atoms with Gasteiger partial charge < -0.3 is 10.5 Å². The Labute approximate surface area is 74.5 Å². The van der Waals surface area contributed by atoms with Crippen molar-refractivity contribution < 1.29 is 9.53 Å². The number of nitrogens with zero attached hydrogens (tertiary/aromatic N) is 1. The summed E-state index contributed by atoms with van der Waals surface area (Å²) in [5.74, 6) is -0.386. The maximum absolute atomic E-state index is 10.9. The number of hydrogen-bond acceptors (Lipinski definition) is 5. The SMILES string of the molecule is COC(=O)C(N)Cc1ccns1. The molecule has 0 aromatic carbocycles. The first-order valence-corrected chi connectivity index (χ1v) is 4.24. The number of rotatable bonds is 3. The Hall–Kier alpha value is -0.940. The van der Waals surface area contributed by atoms with Crippen LogP contribution in [0.25, 0.3) is 0 Å². The molecule has 12 heavy (non-hydrogen) atoms. The van der Waals surface area contributed by atoms with Gasteiger partial charge in [0.25, 0.3) is 0 Å². The highest BCUT2D eigenvalue weighted by atomic mass is 32.1. The molecule has 5 heteroatoms. The molecule has 1 heterocycles. The highest BCUT2D eigenvalue weighted by Crippen LogP contribution is 2.07.